The van der Waals surface area contributed by atoms with E-state index >= 15 is 0 Å². The van der Waals surface area contributed by atoms with Crippen molar-refractivity contribution in [2.45, 2.75) is 19.0 Å². The molecule has 1 aromatic rings. The third-order valence-electron chi connectivity index (χ3n) is 2.73. The van der Waals surface area contributed by atoms with Gasteiger partial charge in [-0.05, 0) is 18.6 Å². The molecule has 0 aliphatic rings. The second kappa shape index (κ2) is 8.16. The maximum atomic E-state index is 11.7. The molecule has 114 valence electrons. The summed E-state index contributed by atoms with van der Waals surface area (Å²) in [5, 5.41) is 14.3. The molecule has 21 heavy (non-hydrogen) atoms. The average Bonchev–Trinajstić information content (AvgIpc) is 2.45. The van der Waals surface area contributed by atoms with Gasteiger partial charge in [-0.3, -0.25) is 0 Å². The van der Waals surface area contributed by atoms with Crippen LogP contribution in [0.4, 0.5) is 4.79 Å². The average molecular weight is 313 g/mol. The standard InChI is InChI=1S/C14H17ClN2O4/c1-3-5-11(13(18)19)17-14(20)16-8-9-10(15)6-4-7-12(9)21-2/h3-4,6-7,11H,1,5,8H2,2H3,(H,18,19)(H2,16,17,20). The number of ether oxygens (including phenoxy) is 1. The van der Waals surface area contributed by atoms with Gasteiger partial charge < -0.3 is 20.5 Å². The third kappa shape index (κ3) is 5.00. The number of rotatable bonds is 7. The van der Waals surface area contributed by atoms with E-state index in [0.717, 1.165) is 0 Å². The topological polar surface area (TPSA) is 87.7 Å². The summed E-state index contributed by atoms with van der Waals surface area (Å²) >= 11 is 6.04. The van der Waals surface area contributed by atoms with Crippen LogP contribution >= 0.6 is 11.6 Å². The van der Waals surface area contributed by atoms with Crippen LogP contribution in [0.1, 0.15) is 12.0 Å². The smallest absolute Gasteiger partial charge is 0.326 e. The predicted molar refractivity (Wildman–Crippen MR) is 79.6 cm³/mol. The second-order valence-electron chi connectivity index (χ2n) is 4.16. The molecule has 1 atom stereocenters. The van der Waals surface area contributed by atoms with Crippen molar-refractivity contribution in [1.82, 2.24) is 10.6 Å². The van der Waals surface area contributed by atoms with Crippen LogP contribution in [-0.4, -0.2) is 30.3 Å². The Bertz CT molecular complexity index is 534. The molecule has 7 heteroatoms. The summed E-state index contributed by atoms with van der Waals surface area (Å²) in [7, 11) is 1.50. The van der Waals surface area contributed by atoms with Crippen LogP contribution < -0.4 is 15.4 Å². The Labute approximate surface area is 127 Å². The Morgan fingerprint density at radius 2 is 2.24 bits per heavy atom. The first kappa shape index (κ1) is 16.8. The minimum atomic E-state index is -1.12. The van der Waals surface area contributed by atoms with E-state index in [1.807, 2.05) is 0 Å². The lowest BCUT2D eigenvalue weighted by Gasteiger charge is -2.15. The summed E-state index contributed by atoms with van der Waals surface area (Å²) < 4.78 is 5.15. The van der Waals surface area contributed by atoms with Gasteiger partial charge >= 0.3 is 12.0 Å². The van der Waals surface area contributed by atoms with Crippen LogP contribution in [0.15, 0.2) is 30.9 Å². The van der Waals surface area contributed by atoms with Crippen molar-refractivity contribution < 1.29 is 19.4 Å². The van der Waals surface area contributed by atoms with E-state index in [0.29, 0.717) is 16.3 Å². The highest BCUT2D eigenvalue weighted by Gasteiger charge is 2.18. The highest BCUT2D eigenvalue weighted by molar-refractivity contribution is 6.31. The van der Waals surface area contributed by atoms with Crippen LogP contribution in [0.25, 0.3) is 0 Å². The Morgan fingerprint density at radius 1 is 1.52 bits per heavy atom. The zero-order chi connectivity index (χ0) is 15.8. The Kier molecular flexibility index (Phi) is 6.55. The van der Waals surface area contributed by atoms with E-state index in [1.54, 1.807) is 18.2 Å². The van der Waals surface area contributed by atoms with E-state index in [9.17, 15) is 9.59 Å². The van der Waals surface area contributed by atoms with Crippen LogP contribution in [-0.2, 0) is 11.3 Å². The van der Waals surface area contributed by atoms with Crippen molar-refractivity contribution in [3.63, 3.8) is 0 Å². The Balaban J connectivity index is 2.65. The zero-order valence-corrected chi connectivity index (χ0v) is 12.3. The van der Waals surface area contributed by atoms with Gasteiger partial charge in [-0.2, -0.15) is 0 Å². The molecule has 1 rings (SSSR count). The minimum Gasteiger partial charge on any atom is -0.496 e. The van der Waals surface area contributed by atoms with Gasteiger partial charge in [0.25, 0.3) is 0 Å². The number of halogens is 1. The van der Waals surface area contributed by atoms with Crippen molar-refractivity contribution in [3.8, 4) is 5.75 Å². The molecule has 0 saturated carbocycles. The molecular formula is C14H17ClN2O4. The summed E-state index contributed by atoms with van der Waals surface area (Å²) in [5.74, 6) is -0.580. The van der Waals surface area contributed by atoms with Gasteiger partial charge in [0.1, 0.15) is 11.8 Å². The number of methoxy groups -OCH3 is 1. The molecule has 0 aromatic heterocycles. The number of carbonyl (C=O) groups excluding carboxylic acids is 1. The second-order valence-corrected chi connectivity index (χ2v) is 4.57. The maximum absolute atomic E-state index is 11.7. The fourth-order valence-electron chi connectivity index (χ4n) is 1.67. The molecule has 2 amide bonds. The molecule has 6 nitrogen and oxygen atoms in total. The van der Waals surface area contributed by atoms with Gasteiger partial charge in [0.2, 0.25) is 0 Å². The summed E-state index contributed by atoms with van der Waals surface area (Å²) in [6.45, 7) is 3.57. The van der Waals surface area contributed by atoms with Gasteiger partial charge in [-0.25, -0.2) is 9.59 Å². The van der Waals surface area contributed by atoms with Gasteiger partial charge in [0, 0.05) is 17.1 Å². The number of amides is 2. The number of carboxylic acid groups (broad SMARTS) is 1. The van der Waals surface area contributed by atoms with E-state index in [4.69, 9.17) is 21.4 Å². The fourth-order valence-corrected chi connectivity index (χ4v) is 1.90. The SMILES string of the molecule is C=CCC(NC(=O)NCc1c(Cl)cccc1OC)C(=O)O. The number of aliphatic carboxylic acids is 1. The van der Waals surface area contributed by atoms with Crippen molar-refractivity contribution in [3.05, 3.63) is 41.4 Å². The summed E-state index contributed by atoms with van der Waals surface area (Å²) in [6, 6.07) is 3.51. The Morgan fingerprint density at radius 3 is 2.81 bits per heavy atom. The highest BCUT2D eigenvalue weighted by Crippen LogP contribution is 2.25. The molecule has 0 aliphatic carbocycles. The normalized spacial score (nSPS) is 11.3. The third-order valence-corrected chi connectivity index (χ3v) is 3.08. The maximum Gasteiger partial charge on any atom is 0.326 e. The van der Waals surface area contributed by atoms with E-state index < -0.39 is 18.0 Å². The molecule has 0 fully saturated rings. The number of nitrogens with one attached hydrogen (secondary N) is 2. The van der Waals surface area contributed by atoms with Crippen molar-refractivity contribution in [1.29, 1.82) is 0 Å². The van der Waals surface area contributed by atoms with Gasteiger partial charge in [-0.15, -0.1) is 6.58 Å². The van der Waals surface area contributed by atoms with E-state index in [-0.39, 0.29) is 13.0 Å². The molecule has 0 spiro atoms. The first-order valence-corrected chi connectivity index (χ1v) is 6.56. The number of carbonyl (C=O) groups is 2. The molecule has 3 N–H and O–H groups in total. The molecule has 0 heterocycles. The van der Waals surface area contributed by atoms with Crippen LogP contribution in [0, 0.1) is 0 Å². The van der Waals surface area contributed by atoms with Gasteiger partial charge in [0.15, 0.2) is 0 Å². The number of carboxylic acids is 1. The van der Waals surface area contributed by atoms with Crippen LogP contribution in [0.3, 0.4) is 0 Å². The molecule has 0 aliphatic heterocycles. The predicted octanol–water partition coefficient (Wildman–Crippen LogP) is 2.18. The van der Waals surface area contributed by atoms with Crippen molar-refractivity contribution in [2.75, 3.05) is 7.11 Å². The lowest BCUT2D eigenvalue weighted by molar-refractivity contribution is -0.139. The summed E-state index contributed by atoms with van der Waals surface area (Å²) in [4.78, 5) is 22.6. The minimum absolute atomic E-state index is 0.120. The van der Waals surface area contributed by atoms with Crippen LogP contribution in [0.2, 0.25) is 5.02 Å². The van der Waals surface area contributed by atoms with Crippen LogP contribution in [0.5, 0.6) is 5.75 Å². The highest BCUT2D eigenvalue weighted by atomic mass is 35.5. The molecular weight excluding hydrogens is 296 g/mol. The monoisotopic (exact) mass is 312 g/mol. The van der Waals surface area contributed by atoms with E-state index in [1.165, 1.54) is 13.2 Å². The molecule has 1 unspecified atom stereocenters. The van der Waals surface area contributed by atoms with Gasteiger partial charge in [0.05, 0.1) is 7.11 Å². The molecule has 0 bridgehead atoms. The summed E-state index contributed by atoms with van der Waals surface area (Å²) in [5.41, 5.74) is 0.618. The first-order chi connectivity index (χ1) is 9.99. The summed E-state index contributed by atoms with van der Waals surface area (Å²) in [6.07, 6.45) is 1.56. The largest absolute Gasteiger partial charge is 0.496 e. The fraction of sp³-hybridized carbons (Fsp3) is 0.286. The quantitative estimate of drug-likeness (QED) is 0.673. The zero-order valence-electron chi connectivity index (χ0n) is 11.6. The molecule has 0 saturated heterocycles. The number of hydrogen-bond donors (Lipinski definition) is 3. The van der Waals surface area contributed by atoms with Gasteiger partial charge in [-0.1, -0.05) is 23.7 Å². The first-order valence-electron chi connectivity index (χ1n) is 6.19. The molecule has 1 aromatic carbocycles. The number of benzene rings is 1. The molecule has 0 radical (unpaired) electrons. The van der Waals surface area contributed by atoms with Crippen molar-refractivity contribution >= 4 is 23.6 Å². The lowest BCUT2D eigenvalue weighted by atomic mass is 10.2. The number of urea groups is 1. The lowest BCUT2D eigenvalue weighted by Crippen LogP contribution is -2.45. The van der Waals surface area contributed by atoms with Crippen molar-refractivity contribution in [2.24, 2.45) is 0 Å². The van der Waals surface area contributed by atoms with E-state index in [2.05, 4.69) is 17.2 Å². The Hall–Kier alpha value is -2.21. The number of hydrogen-bond acceptors (Lipinski definition) is 3.